The van der Waals surface area contributed by atoms with Crippen LogP contribution in [0.1, 0.15) is 35.0 Å². The molecule has 2 N–H and O–H groups in total. The van der Waals surface area contributed by atoms with Crippen LogP contribution in [0, 0.1) is 12.8 Å². The zero-order chi connectivity index (χ0) is 17.3. The zero-order valence-corrected chi connectivity index (χ0v) is 14.6. The molecule has 3 heterocycles. The predicted molar refractivity (Wildman–Crippen MR) is 91.1 cm³/mol. The Morgan fingerprint density at radius 3 is 2.71 bits per heavy atom. The third kappa shape index (κ3) is 2.93. The van der Waals surface area contributed by atoms with Gasteiger partial charge in [-0.25, -0.2) is 9.97 Å². The van der Waals surface area contributed by atoms with Crippen molar-refractivity contribution in [1.82, 2.24) is 14.9 Å². The Morgan fingerprint density at radius 2 is 2.08 bits per heavy atom. The van der Waals surface area contributed by atoms with Gasteiger partial charge in [0.1, 0.15) is 11.2 Å². The van der Waals surface area contributed by atoms with Crippen molar-refractivity contribution in [3.05, 3.63) is 16.8 Å². The van der Waals surface area contributed by atoms with Crippen LogP contribution >= 0.6 is 11.3 Å². The molecule has 0 saturated carbocycles. The van der Waals surface area contributed by atoms with Gasteiger partial charge in [0.2, 0.25) is 11.8 Å². The third-order valence-electron chi connectivity index (χ3n) is 4.35. The van der Waals surface area contributed by atoms with Gasteiger partial charge >= 0.3 is 0 Å². The van der Waals surface area contributed by atoms with E-state index < -0.39 is 0 Å². The number of aromatic nitrogens is 2. The molecule has 1 aliphatic rings. The minimum absolute atomic E-state index is 0.0270. The number of ether oxygens (including phenoxy) is 1. The first kappa shape index (κ1) is 16.6. The standard InChI is InChI=1S/C16H20N4O3S/c1-3-23-14-11-9(2)12(24-15(11)19-8-18-14)16(22)20-6-4-10(5-7-20)13(17)21/h8,10H,3-7H2,1-2H3,(H2,17,21). The highest BCUT2D eigenvalue weighted by Gasteiger charge is 2.29. The summed E-state index contributed by atoms with van der Waals surface area (Å²) in [6.45, 7) is 5.39. The minimum atomic E-state index is -0.281. The SMILES string of the molecule is CCOc1ncnc2sc(C(=O)N3CCC(C(N)=O)CC3)c(C)c12. The third-order valence-corrected chi connectivity index (χ3v) is 5.54. The Morgan fingerprint density at radius 1 is 1.38 bits per heavy atom. The lowest BCUT2D eigenvalue weighted by Crippen LogP contribution is -2.41. The Kier molecular flexibility index (Phi) is 4.66. The van der Waals surface area contributed by atoms with Gasteiger partial charge < -0.3 is 15.4 Å². The number of hydrogen-bond donors (Lipinski definition) is 1. The van der Waals surface area contributed by atoms with Crippen LogP contribution in [0.25, 0.3) is 10.2 Å². The maximum atomic E-state index is 12.9. The fourth-order valence-corrected chi connectivity index (χ4v) is 4.11. The van der Waals surface area contributed by atoms with Gasteiger partial charge in [-0.2, -0.15) is 0 Å². The van der Waals surface area contributed by atoms with Crippen LogP contribution in [-0.4, -0.2) is 46.4 Å². The number of rotatable bonds is 4. The van der Waals surface area contributed by atoms with E-state index in [1.54, 1.807) is 4.90 Å². The van der Waals surface area contributed by atoms with Crippen LogP contribution in [0.4, 0.5) is 0 Å². The molecule has 1 fully saturated rings. The predicted octanol–water partition coefficient (Wildman–Crippen LogP) is 1.74. The number of carbonyl (C=O) groups excluding carboxylic acids is 2. The van der Waals surface area contributed by atoms with E-state index in [-0.39, 0.29) is 17.7 Å². The van der Waals surface area contributed by atoms with E-state index in [0.29, 0.717) is 43.3 Å². The van der Waals surface area contributed by atoms with Gasteiger partial charge in [-0.05, 0) is 32.3 Å². The van der Waals surface area contributed by atoms with Crippen molar-refractivity contribution in [2.75, 3.05) is 19.7 Å². The Hall–Kier alpha value is -2.22. The maximum Gasteiger partial charge on any atom is 0.264 e. The quantitative estimate of drug-likeness (QED) is 0.907. The number of nitrogens with zero attached hydrogens (tertiary/aromatic N) is 3. The molecule has 7 nitrogen and oxygen atoms in total. The number of carbonyl (C=O) groups is 2. The number of aryl methyl sites for hydroxylation is 1. The molecule has 2 aromatic heterocycles. The first-order valence-electron chi connectivity index (χ1n) is 7.98. The number of thiophene rings is 1. The van der Waals surface area contributed by atoms with Crippen molar-refractivity contribution in [2.24, 2.45) is 11.7 Å². The second-order valence-corrected chi connectivity index (χ2v) is 6.82. The zero-order valence-electron chi connectivity index (χ0n) is 13.7. The highest BCUT2D eigenvalue weighted by atomic mass is 32.1. The number of nitrogens with two attached hydrogens (primary N) is 1. The van der Waals surface area contributed by atoms with Crippen molar-refractivity contribution in [3.8, 4) is 5.88 Å². The van der Waals surface area contributed by atoms with Crippen molar-refractivity contribution >= 4 is 33.4 Å². The summed E-state index contributed by atoms with van der Waals surface area (Å²) in [6.07, 6.45) is 2.69. The van der Waals surface area contributed by atoms with E-state index in [4.69, 9.17) is 10.5 Å². The summed E-state index contributed by atoms with van der Waals surface area (Å²) in [4.78, 5) is 35.8. The van der Waals surface area contributed by atoms with Crippen LogP contribution in [0.3, 0.4) is 0 Å². The summed E-state index contributed by atoms with van der Waals surface area (Å²) in [5, 5.41) is 0.805. The van der Waals surface area contributed by atoms with E-state index >= 15 is 0 Å². The highest BCUT2D eigenvalue weighted by Crippen LogP contribution is 2.35. The molecule has 0 spiro atoms. The summed E-state index contributed by atoms with van der Waals surface area (Å²) in [6, 6.07) is 0. The van der Waals surface area contributed by atoms with Crippen molar-refractivity contribution in [2.45, 2.75) is 26.7 Å². The molecular formula is C16H20N4O3S. The van der Waals surface area contributed by atoms with Crippen LogP contribution in [0.2, 0.25) is 0 Å². The number of fused-ring (bicyclic) bond motifs is 1. The maximum absolute atomic E-state index is 12.9. The molecule has 8 heteroatoms. The average molecular weight is 348 g/mol. The lowest BCUT2D eigenvalue weighted by atomic mass is 9.96. The Bertz CT molecular complexity index is 781. The first-order chi connectivity index (χ1) is 11.5. The van der Waals surface area contributed by atoms with E-state index in [1.807, 2.05) is 13.8 Å². The van der Waals surface area contributed by atoms with Gasteiger partial charge in [0.05, 0.1) is 16.9 Å². The monoisotopic (exact) mass is 348 g/mol. The summed E-state index contributed by atoms with van der Waals surface area (Å²) in [7, 11) is 0. The minimum Gasteiger partial charge on any atom is -0.477 e. The van der Waals surface area contributed by atoms with Crippen molar-refractivity contribution < 1.29 is 14.3 Å². The van der Waals surface area contributed by atoms with E-state index in [2.05, 4.69) is 9.97 Å². The topological polar surface area (TPSA) is 98.4 Å². The molecule has 1 aliphatic heterocycles. The van der Waals surface area contributed by atoms with Gasteiger partial charge in [0, 0.05) is 19.0 Å². The molecule has 2 amide bonds. The van der Waals surface area contributed by atoms with Gasteiger partial charge in [-0.1, -0.05) is 0 Å². The van der Waals surface area contributed by atoms with Gasteiger partial charge in [0.15, 0.2) is 0 Å². The van der Waals surface area contributed by atoms with E-state index in [1.165, 1.54) is 17.7 Å². The summed E-state index contributed by atoms with van der Waals surface area (Å²) in [5.41, 5.74) is 6.20. The van der Waals surface area contributed by atoms with Gasteiger partial charge in [-0.3, -0.25) is 9.59 Å². The molecule has 0 aromatic carbocycles. The molecule has 0 unspecified atom stereocenters. The number of hydrogen-bond acceptors (Lipinski definition) is 6. The molecule has 0 atom stereocenters. The number of amides is 2. The number of piperidine rings is 1. The first-order valence-corrected chi connectivity index (χ1v) is 8.80. The Labute approximate surface area is 143 Å². The normalized spacial score (nSPS) is 15.7. The van der Waals surface area contributed by atoms with Crippen LogP contribution in [0.15, 0.2) is 6.33 Å². The molecule has 0 radical (unpaired) electrons. The molecular weight excluding hydrogens is 328 g/mol. The molecule has 128 valence electrons. The molecule has 24 heavy (non-hydrogen) atoms. The van der Waals surface area contributed by atoms with Crippen LogP contribution in [-0.2, 0) is 4.79 Å². The number of likely N-dealkylation sites (tertiary alicyclic amines) is 1. The number of primary amides is 1. The van der Waals surface area contributed by atoms with Gasteiger partial charge in [-0.15, -0.1) is 11.3 Å². The van der Waals surface area contributed by atoms with Crippen molar-refractivity contribution in [3.63, 3.8) is 0 Å². The fraction of sp³-hybridized carbons (Fsp3) is 0.500. The molecule has 0 bridgehead atoms. The van der Waals surface area contributed by atoms with Crippen LogP contribution < -0.4 is 10.5 Å². The molecule has 1 saturated heterocycles. The van der Waals surface area contributed by atoms with Crippen molar-refractivity contribution in [1.29, 1.82) is 0 Å². The Balaban J connectivity index is 1.87. The second kappa shape index (κ2) is 6.72. The van der Waals surface area contributed by atoms with E-state index in [0.717, 1.165) is 15.8 Å². The lowest BCUT2D eigenvalue weighted by Gasteiger charge is -2.30. The lowest BCUT2D eigenvalue weighted by molar-refractivity contribution is -0.123. The largest absolute Gasteiger partial charge is 0.477 e. The molecule has 0 aliphatic carbocycles. The van der Waals surface area contributed by atoms with Crippen LogP contribution in [0.5, 0.6) is 5.88 Å². The molecule has 2 aromatic rings. The highest BCUT2D eigenvalue weighted by molar-refractivity contribution is 7.20. The van der Waals surface area contributed by atoms with Gasteiger partial charge in [0.25, 0.3) is 5.91 Å². The summed E-state index contributed by atoms with van der Waals surface area (Å²) >= 11 is 1.36. The fourth-order valence-electron chi connectivity index (χ4n) is 3.00. The second-order valence-electron chi connectivity index (χ2n) is 5.82. The average Bonchev–Trinajstić information content (AvgIpc) is 2.92. The summed E-state index contributed by atoms with van der Waals surface area (Å²) in [5.74, 6) is 0.0772. The van der Waals surface area contributed by atoms with E-state index in [9.17, 15) is 9.59 Å². The summed E-state index contributed by atoms with van der Waals surface area (Å²) < 4.78 is 5.56. The molecule has 3 rings (SSSR count). The smallest absolute Gasteiger partial charge is 0.264 e.